The number of rotatable bonds is 1. The number of ether oxygens (including phenoxy) is 1. The van der Waals surface area contributed by atoms with Crippen LogP contribution in [0.15, 0.2) is 11.6 Å². The smallest absolute Gasteiger partial charge is 0.331 e. The lowest BCUT2D eigenvalue weighted by Gasteiger charge is -2.65. The molecular weight excluding hydrogens is 354 g/mol. The Balaban J connectivity index is 1.51. The highest BCUT2D eigenvalue weighted by atomic mass is 16.5. The molecular formula is C23H35NO4. The van der Waals surface area contributed by atoms with Gasteiger partial charge in [0.2, 0.25) is 0 Å². The number of nitrogens with two attached hydrogens (primary N) is 1. The van der Waals surface area contributed by atoms with Crippen molar-refractivity contribution in [2.45, 2.75) is 83.0 Å². The molecule has 1 aliphatic heterocycles. The van der Waals surface area contributed by atoms with Crippen LogP contribution < -0.4 is 5.73 Å². The molecule has 0 spiro atoms. The van der Waals surface area contributed by atoms with Crippen LogP contribution in [-0.4, -0.2) is 40.5 Å². The summed E-state index contributed by atoms with van der Waals surface area (Å²) in [7, 11) is 0. The molecule has 0 bridgehead atoms. The first kappa shape index (κ1) is 19.1. The highest BCUT2D eigenvalue weighted by Crippen LogP contribution is 2.69. The average Bonchev–Trinajstić information content (AvgIpc) is 3.19. The van der Waals surface area contributed by atoms with Gasteiger partial charge in [-0.15, -0.1) is 0 Å². The fourth-order valence-corrected chi connectivity index (χ4v) is 8.42. The van der Waals surface area contributed by atoms with Crippen LogP contribution in [0.25, 0.3) is 0 Å². The highest BCUT2D eigenvalue weighted by Gasteiger charge is 2.70. The summed E-state index contributed by atoms with van der Waals surface area (Å²) < 4.78 is 5.17. The SMILES string of the molecule is CC12CC[C@H](N)CC1CCC1C2CC(O)C2(C)C(C3=CC(=O)OC3)CCC12O. The van der Waals surface area contributed by atoms with E-state index in [1.807, 2.05) is 0 Å². The van der Waals surface area contributed by atoms with Crippen LogP contribution in [-0.2, 0) is 9.53 Å². The zero-order valence-electron chi connectivity index (χ0n) is 17.2. The van der Waals surface area contributed by atoms with Crippen LogP contribution in [0.3, 0.4) is 0 Å². The van der Waals surface area contributed by atoms with Gasteiger partial charge in [-0.3, -0.25) is 0 Å². The minimum absolute atomic E-state index is 0.0187. The summed E-state index contributed by atoms with van der Waals surface area (Å²) in [6.45, 7) is 4.78. The van der Waals surface area contributed by atoms with E-state index in [1.54, 1.807) is 6.08 Å². The highest BCUT2D eigenvalue weighted by molar-refractivity contribution is 5.85. The van der Waals surface area contributed by atoms with E-state index in [0.29, 0.717) is 30.9 Å². The van der Waals surface area contributed by atoms with Crippen molar-refractivity contribution < 1.29 is 19.7 Å². The molecule has 0 saturated heterocycles. The van der Waals surface area contributed by atoms with Crippen LogP contribution in [0.2, 0.25) is 0 Å². The van der Waals surface area contributed by atoms with E-state index in [9.17, 15) is 15.0 Å². The maximum Gasteiger partial charge on any atom is 0.331 e. The number of carbonyl (C=O) groups is 1. The molecule has 4 saturated carbocycles. The van der Waals surface area contributed by atoms with E-state index >= 15 is 0 Å². The largest absolute Gasteiger partial charge is 0.458 e. The van der Waals surface area contributed by atoms with Crippen molar-refractivity contribution >= 4 is 5.97 Å². The average molecular weight is 390 g/mol. The summed E-state index contributed by atoms with van der Waals surface area (Å²) in [6, 6.07) is 0.305. The number of fused-ring (bicyclic) bond motifs is 5. The molecule has 5 aliphatic rings. The summed E-state index contributed by atoms with van der Waals surface area (Å²) in [5.74, 6) is 0.911. The molecule has 8 unspecified atom stereocenters. The Morgan fingerprint density at radius 1 is 1.11 bits per heavy atom. The lowest BCUT2D eigenvalue weighted by molar-refractivity contribution is -0.242. The molecule has 0 amide bonds. The first-order chi connectivity index (χ1) is 13.2. The van der Waals surface area contributed by atoms with E-state index in [0.717, 1.165) is 50.5 Å². The Morgan fingerprint density at radius 3 is 2.61 bits per heavy atom. The van der Waals surface area contributed by atoms with Crippen LogP contribution in [0.5, 0.6) is 0 Å². The van der Waals surface area contributed by atoms with Gasteiger partial charge in [0.05, 0.1) is 11.7 Å². The Hall–Kier alpha value is -0.910. The van der Waals surface area contributed by atoms with Gasteiger partial charge in [0.1, 0.15) is 6.61 Å². The predicted molar refractivity (Wildman–Crippen MR) is 105 cm³/mol. The number of esters is 1. The van der Waals surface area contributed by atoms with Gasteiger partial charge < -0.3 is 20.7 Å². The molecule has 0 radical (unpaired) electrons. The first-order valence-corrected chi connectivity index (χ1v) is 11.2. The number of hydrogen-bond acceptors (Lipinski definition) is 5. The minimum Gasteiger partial charge on any atom is -0.458 e. The molecule has 5 heteroatoms. The fraction of sp³-hybridized carbons (Fsp3) is 0.870. The molecule has 5 rings (SSSR count). The molecule has 0 aromatic carbocycles. The molecule has 28 heavy (non-hydrogen) atoms. The molecule has 0 aromatic heterocycles. The van der Waals surface area contributed by atoms with Crippen molar-refractivity contribution in [2.24, 2.45) is 40.2 Å². The predicted octanol–water partition coefficient (Wildman–Crippen LogP) is 2.54. The summed E-state index contributed by atoms with van der Waals surface area (Å²) in [6.07, 6.45) is 8.72. The monoisotopic (exact) mass is 389 g/mol. The summed E-state index contributed by atoms with van der Waals surface area (Å²) in [4.78, 5) is 11.7. The van der Waals surface area contributed by atoms with Gasteiger partial charge in [0, 0.05) is 17.5 Å². The second-order valence-electron chi connectivity index (χ2n) is 10.9. The Kier molecular flexibility index (Phi) is 4.12. The maximum atomic E-state index is 12.2. The topological polar surface area (TPSA) is 92.8 Å². The first-order valence-electron chi connectivity index (χ1n) is 11.2. The summed E-state index contributed by atoms with van der Waals surface area (Å²) in [5, 5.41) is 23.6. The van der Waals surface area contributed by atoms with Crippen molar-refractivity contribution in [3.8, 4) is 0 Å². The summed E-state index contributed by atoms with van der Waals surface area (Å²) in [5.41, 5.74) is 5.93. The fourth-order valence-electron chi connectivity index (χ4n) is 8.42. The molecule has 4 N–H and O–H groups in total. The summed E-state index contributed by atoms with van der Waals surface area (Å²) >= 11 is 0. The van der Waals surface area contributed by atoms with Gasteiger partial charge in [0.15, 0.2) is 0 Å². The third-order valence-corrected chi connectivity index (χ3v) is 10.1. The molecule has 9 atom stereocenters. The Labute approximate surface area is 167 Å². The normalized spacial score (nSPS) is 55.8. The van der Waals surface area contributed by atoms with E-state index < -0.39 is 17.1 Å². The van der Waals surface area contributed by atoms with Gasteiger partial charge in [-0.2, -0.15) is 0 Å². The van der Waals surface area contributed by atoms with Crippen LogP contribution in [0.1, 0.15) is 65.2 Å². The Morgan fingerprint density at radius 2 is 1.89 bits per heavy atom. The number of carbonyl (C=O) groups excluding carboxylic acids is 1. The number of hydrogen-bond donors (Lipinski definition) is 3. The molecule has 0 aromatic rings. The quantitative estimate of drug-likeness (QED) is 0.599. The van der Waals surface area contributed by atoms with Crippen LogP contribution in [0, 0.1) is 34.5 Å². The lowest BCUT2D eigenvalue weighted by Crippen LogP contribution is -2.67. The standard InChI is InChI=1S/C23H35NO4/c1-21-7-5-15(24)10-14(21)3-4-17-18(21)11-19(25)22(2)16(6-8-23(17,22)27)13-9-20(26)28-12-13/h9,14-19,25,27H,3-8,10-12,24H2,1-2H3/t14?,15-,16?,17?,18?,19?,21?,22?,23?/m0/s1. The van der Waals surface area contributed by atoms with Crippen LogP contribution >= 0.6 is 0 Å². The van der Waals surface area contributed by atoms with Crippen molar-refractivity contribution in [3.63, 3.8) is 0 Å². The second-order valence-corrected chi connectivity index (χ2v) is 10.9. The van der Waals surface area contributed by atoms with Gasteiger partial charge in [-0.05, 0) is 86.0 Å². The van der Waals surface area contributed by atoms with Crippen molar-refractivity contribution in [1.82, 2.24) is 0 Å². The number of cyclic esters (lactones) is 1. The lowest BCUT2D eigenvalue weighted by atomic mass is 9.42. The molecule has 4 fully saturated rings. The molecule has 5 nitrogen and oxygen atoms in total. The molecule has 156 valence electrons. The molecule has 1 heterocycles. The van der Waals surface area contributed by atoms with Crippen molar-refractivity contribution in [1.29, 1.82) is 0 Å². The van der Waals surface area contributed by atoms with Gasteiger partial charge in [0.25, 0.3) is 0 Å². The van der Waals surface area contributed by atoms with E-state index in [4.69, 9.17) is 10.5 Å². The van der Waals surface area contributed by atoms with E-state index in [1.165, 1.54) is 0 Å². The maximum absolute atomic E-state index is 12.2. The zero-order chi connectivity index (χ0) is 19.9. The van der Waals surface area contributed by atoms with Gasteiger partial charge >= 0.3 is 5.97 Å². The third-order valence-electron chi connectivity index (χ3n) is 10.1. The minimum atomic E-state index is -0.875. The van der Waals surface area contributed by atoms with Gasteiger partial charge in [-0.1, -0.05) is 13.8 Å². The van der Waals surface area contributed by atoms with Crippen molar-refractivity contribution in [3.05, 3.63) is 11.6 Å². The molecule has 4 aliphatic carbocycles. The van der Waals surface area contributed by atoms with Crippen molar-refractivity contribution in [2.75, 3.05) is 6.61 Å². The van der Waals surface area contributed by atoms with E-state index in [2.05, 4.69) is 13.8 Å². The number of aliphatic hydroxyl groups excluding tert-OH is 1. The van der Waals surface area contributed by atoms with Gasteiger partial charge in [-0.25, -0.2) is 4.79 Å². The second kappa shape index (κ2) is 6.05. The van der Waals surface area contributed by atoms with E-state index in [-0.39, 0.29) is 23.2 Å². The third kappa shape index (κ3) is 2.27. The van der Waals surface area contributed by atoms with Crippen LogP contribution in [0.4, 0.5) is 0 Å². The zero-order valence-corrected chi connectivity index (χ0v) is 17.2. The Bertz CT molecular complexity index is 721. The number of aliphatic hydroxyl groups is 2.